The second-order valence-corrected chi connectivity index (χ2v) is 6.53. The number of hydrogen-bond donors (Lipinski definition) is 2. The van der Waals surface area contributed by atoms with Crippen molar-refractivity contribution in [1.82, 2.24) is 0 Å². The van der Waals surface area contributed by atoms with Crippen LogP contribution in [-0.4, -0.2) is 23.3 Å². The van der Waals surface area contributed by atoms with Crippen molar-refractivity contribution in [2.24, 2.45) is 0 Å². The molecule has 23 heavy (non-hydrogen) atoms. The molecule has 5 heteroatoms. The molecule has 2 aromatic rings. The molecule has 0 unspecified atom stereocenters. The summed E-state index contributed by atoms with van der Waals surface area (Å²) >= 11 is 3.40. The van der Waals surface area contributed by atoms with Gasteiger partial charge >= 0.3 is 0 Å². The van der Waals surface area contributed by atoms with Crippen LogP contribution in [0.2, 0.25) is 0 Å². The number of halogens is 1. The van der Waals surface area contributed by atoms with E-state index in [9.17, 15) is 15.5 Å². The fraction of sp³-hybridized carbons (Fsp3) is 0.278. The second-order valence-electron chi connectivity index (χ2n) is 5.62. The van der Waals surface area contributed by atoms with E-state index in [0.717, 1.165) is 41.7 Å². The second kappa shape index (κ2) is 6.61. The normalized spacial score (nSPS) is 14.0. The molecule has 4 nitrogen and oxygen atoms in total. The first kappa shape index (κ1) is 15.9. The standard InChI is InChI=1S/C18H17BrN2O2/c19-13-5-3-12(4-6-13)14-9-17(21-7-1-2-8-21)15(10-20)16(11-22)18(14)23/h3-6,9,22-23H,1-2,7-8,11H2. The van der Waals surface area contributed by atoms with Crippen LogP contribution in [0.3, 0.4) is 0 Å². The zero-order valence-corrected chi connectivity index (χ0v) is 14.2. The summed E-state index contributed by atoms with van der Waals surface area (Å²) in [6.07, 6.45) is 2.18. The summed E-state index contributed by atoms with van der Waals surface area (Å²) in [5.74, 6) is -0.0191. The molecule has 3 rings (SSSR count). The van der Waals surface area contributed by atoms with Gasteiger partial charge in [0.1, 0.15) is 11.8 Å². The topological polar surface area (TPSA) is 67.5 Å². The van der Waals surface area contributed by atoms with E-state index in [1.807, 2.05) is 30.3 Å². The Hall–Kier alpha value is -2.03. The lowest BCUT2D eigenvalue weighted by Crippen LogP contribution is -2.19. The van der Waals surface area contributed by atoms with Gasteiger partial charge in [-0.3, -0.25) is 0 Å². The van der Waals surface area contributed by atoms with Gasteiger partial charge in [-0.2, -0.15) is 5.26 Å². The molecule has 1 aliphatic heterocycles. The number of nitrogens with zero attached hydrogens (tertiary/aromatic N) is 2. The number of nitriles is 1. The van der Waals surface area contributed by atoms with Crippen molar-refractivity contribution in [2.45, 2.75) is 19.4 Å². The van der Waals surface area contributed by atoms with Crippen molar-refractivity contribution in [3.05, 3.63) is 45.9 Å². The Morgan fingerprint density at radius 3 is 2.39 bits per heavy atom. The molecule has 0 saturated carbocycles. The van der Waals surface area contributed by atoms with Crippen LogP contribution < -0.4 is 4.90 Å². The number of hydrogen-bond acceptors (Lipinski definition) is 4. The summed E-state index contributed by atoms with van der Waals surface area (Å²) in [5, 5.41) is 29.7. The molecule has 2 aromatic carbocycles. The molecule has 1 saturated heterocycles. The summed E-state index contributed by atoms with van der Waals surface area (Å²) in [5.41, 5.74) is 2.96. The number of phenols is 1. The molecule has 1 fully saturated rings. The Morgan fingerprint density at radius 1 is 1.17 bits per heavy atom. The summed E-state index contributed by atoms with van der Waals surface area (Å²) in [6.45, 7) is 1.42. The first-order valence-electron chi connectivity index (χ1n) is 7.56. The molecule has 1 heterocycles. The Bertz CT molecular complexity index is 760. The SMILES string of the molecule is N#Cc1c(N2CCCC2)cc(-c2ccc(Br)cc2)c(O)c1CO. The van der Waals surface area contributed by atoms with E-state index >= 15 is 0 Å². The highest BCUT2D eigenvalue weighted by molar-refractivity contribution is 9.10. The maximum Gasteiger partial charge on any atom is 0.130 e. The predicted molar refractivity (Wildman–Crippen MR) is 93.3 cm³/mol. The average Bonchev–Trinajstić information content (AvgIpc) is 3.09. The lowest BCUT2D eigenvalue weighted by molar-refractivity contribution is 0.275. The van der Waals surface area contributed by atoms with Gasteiger partial charge < -0.3 is 15.1 Å². The smallest absolute Gasteiger partial charge is 0.130 e. The number of benzene rings is 2. The van der Waals surface area contributed by atoms with E-state index < -0.39 is 0 Å². The van der Waals surface area contributed by atoms with Gasteiger partial charge in [0, 0.05) is 28.7 Å². The number of aromatic hydroxyl groups is 1. The third-order valence-electron chi connectivity index (χ3n) is 4.25. The van der Waals surface area contributed by atoms with E-state index in [1.54, 1.807) is 0 Å². The minimum atomic E-state index is -0.361. The van der Waals surface area contributed by atoms with Gasteiger partial charge in [0.05, 0.1) is 17.9 Å². The third-order valence-corrected chi connectivity index (χ3v) is 4.78. The van der Waals surface area contributed by atoms with Crippen LogP contribution in [-0.2, 0) is 6.61 Å². The van der Waals surface area contributed by atoms with Gasteiger partial charge in [0.15, 0.2) is 0 Å². The highest BCUT2D eigenvalue weighted by Crippen LogP contribution is 2.40. The lowest BCUT2D eigenvalue weighted by atomic mass is 9.96. The van der Waals surface area contributed by atoms with E-state index in [4.69, 9.17) is 0 Å². The van der Waals surface area contributed by atoms with Crippen molar-refractivity contribution < 1.29 is 10.2 Å². The zero-order valence-electron chi connectivity index (χ0n) is 12.6. The van der Waals surface area contributed by atoms with Crippen molar-refractivity contribution in [3.8, 4) is 22.9 Å². The molecule has 0 amide bonds. The van der Waals surface area contributed by atoms with Crippen molar-refractivity contribution >= 4 is 21.6 Å². The molecule has 0 bridgehead atoms. The average molecular weight is 373 g/mol. The molecule has 0 atom stereocenters. The van der Waals surface area contributed by atoms with E-state index in [-0.39, 0.29) is 12.4 Å². The molecular weight excluding hydrogens is 356 g/mol. The van der Waals surface area contributed by atoms with Gasteiger partial charge in [-0.05, 0) is 36.6 Å². The van der Waals surface area contributed by atoms with Crippen LogP contribution in [0.1, 0.15) is 24.0 Å². The monoisotopic (exact) mass is 372 g/mol. The van der Waals surface area contributed by atoms with Crippen molar-refractivity contribution in [3.63, 3.8) is 0 Å². The van der Waals surface area contributed by atoms with Gasteiger partial charge in [0.25, 0.3) is 0 Å². The van der Waals surface area contributed by atoms with E-state index in [1.165, 1.54) is 0 Å². The van der Waals surface area contributed by atoms with E-state index in [0.29, 0.717) is 16.7 Å². The fourth-order valence-corrected chi connectivity index (χ4v) is 3.31. The van der Waals surface area contributed by atoms with Crippen LogP contribution in [0.4, 0.5) is 5.69 Å². The van der Waals surface area contributed by atoms with Crippen molar-refractivity contribution in [2.75, 3.05) is 18.0 Å². The first-order chi connectivity index (χ1) is 11.2. The molecule has 0 spiro atoms. The number of aliphatic hydroxyl groups excluding tert-OH is 1. The number of anilines is 1. The van der Waals surface area contributed by atoms with Crippen molar-refractivity contribution in [1.29, 1.82) is 5.26 Å². The van der Waals surface area contributed by atoms with Crippen LogP contribution in [0, 0.1) is 11.3 Å². The minimum Gasteiger partial charge on any atom is -0.507 e. The molecular formula is C18H17BrN2O2. The van der Waals surface area contributed by atoms with E-state index in [2.05, 4.69) is 26.9 Å². The van der Waals surface area contributed by atoms with Gasteiger partial charge in [-0.25, -0.2) is 0 Å². The third kappa shape index (κ3) is 2.92. The van der Waals surface area contributed by atoms with Gasteiger partial charge in [0.2, 0.25) is 0 Å². The summed E-state index contributed by atoms with van der Waals surface area (Å²) in [7, 11) is 0. The minimum absolute atomic E-state index is 0.0191. The first-order valence-corrected chi connectivity index (χ1v) is 8.35. The molecule has 2 N–H and O–H groups in total. The molecule has 0 radical (unpaired) electrons. The quantitative estimate of drug-likeness (QED) is 0.859. The molecule has 1 aliphatic rings. The fourth-order valence-electron chi connectivity index (χ4n) is 3.05. The Kier molecular flexibility index (Phi) is 4.56. The predicted octanol–water partition coefficient (Wildman–Crippen LogP) is 3.79. The zero-order chi connectivity index (χ0) is 16.4. The Balaban J connectivity index is 2.21. The highest BCUT2D eigenvalue weighted by atomic mass is 79.9. The number of aliphatic hydroxyl groups is 1. The largest absolute Gasteiger partial charge is 0.507 e. The van der Waals surface area contributed by atoms with Gasteiger partial charge in [-0.1, -0.05) is 28.1 Å². The maximum absolute atomic E-state index is 10.5. The van der Waals surface area contributed by atoms with Crippen LogP contribution in [0.25, 0.3) is 11.1 Å². The Labute approximate surface area is 143 Å². The number of rotatable bonds is 3. The maximum atomic E-state index is 10.5. The Morgan fingerprint density at radius 2 is 1.83 bits per heavy atom. The van der Waals surface area contributed by atoms with Gasteiger partial charge in [-0.15, -0.1) is 0 Å². The summed E-state index contributed by atoms with van der Waals surface area (Å²) in [4.78, 5) is 2.15. The van der Waals surface area contributed by atoms with Crippen LogP contribution in [0.5, 0.6) is 5.75 Å². The molecule has 0 aliphatic carbocycles. The molecule has 118 valence electrons. The van der Waals surface area contributed by atoms with Crippen LogP contribution >= 0.6 is 15.9 Å². The lowest BCUT2D eigenvalue weighted by Gasteiger charge is -2.23. The highest BCUT2D eigenvalue weighted by Gasteiger charge is 2.23. The summed E-state index contributed by atoms with van der Waals surface area (Å²) in [6, 6.07) is 11.6. The molecule has 0 aromatic heterocycles. The summed E-state index contributed by atoms with van der Waals surface area (Å²) < 4.78 is 0.955. The van der Waals surface area contributed by atoms with Crippen LogP contribution in [0.15, 0.2) is 34.8 Å².